The smallest absolute Gasteiger partial charge is 0.240 e. The summed E-state index contributed by atoms with van der Waals surface area (Å²) in [5.41, 5.74) is 8.20. The summed E-state index contributed by atoms with van der Waals surface area (Å²) in [4.78, 5) is 8.29. The summed E-state index contributed by atoms with van der Waals surface area (Å²) < 4.78 is 5.77. The van der Waals surface area contributed by atoms with Crippen molar-refractivity contribution in [2.24, 2.45) is 0 Å². The maximum Gasteiger partial charge on any atom is 0.240 e. The van der Waals surface area contributed by atoms with Crippen molar-refractivity contribution >= 4 is 5.69 Å². The highest BCUT2D eigenvalue weighted by Crippen LogP contribution is 2.27. The molecule has 1 aromatic carbocycles. The number of aryl methyl sites for hydroxylation is 1. The number of nitrogens with zero attached hydrogens (tertiary/aromatic N) is 2. The Hall–Kier alpha value is -2.36. The molecule has 0 spiro atoms. The largest absolute Gasteiger partial charge is 0.437 e. The molecule has 4 nitrogen and oxygen atoms in total. The molecular weight excluding hydrogens is 226 g/mol. The van der Waals surface area contributed by atoms with Crippen LogP contribution >= 0.6 is 0 Å². The number of benzene rings is 1. The molecule has 0 aliphatic heterocycles. The lowest BCUT2D eigenvalue weighted by Crippen LogP contribution is -1.97. The van der Waals surface area contributed by atoms with Crippen LogP contribution in [-0.4, -0.2) is 9.97 Å². The van der Waals surface area contributed by atoms with E-state index in [-0.39, 0.29) is 0 Å². The standard InChI is InChI=1S/C14H15N3O/c1-3-4-11-9-12(15)5-6-13(11)18-14-10(2)16-7-8-17-14/h3,5-9H,1,4,15H2,2H3. The van der Waals surface area contributed by atoms with Crippen molar-refractivity contribution in [3.05, 3.63) is 54.5 Å². The summed E-state index contributed by atoms with van der Waals surface area (Å²) in [6, 6.07) is 5.51. The number of anilines is 1. The summed E-state index contributed by atoms with van der Waals surface area (Å²) in [6.45, 7) is 5.58. The van der Waals surface area contributed by atoms with Crippen LogP contribution in [0.2, 0.25) is 0 Å². The van der Waals surface area contributed by atoms with Gasteiger partial charge in [0.25, 0.3) is 0 Å². The normalized spacial score (nSPS) is 10.1. The number of rotatable bonds is 4. The molecule has 0 bridgehead atoms. The van der Waals surface area contributed by atoms with Gasteiger partial charge in [0.2, 0.25) is 5.88 Å². The maximum atomic E-state index is 5.77. The fourth-order valence-electron chi connectivity index (χ4n) is 1.61. The first-order chi connectivity index (χ1) is 8.70. The Morgan fingerprint density at radius 1 is 1.33 bits per heavy atom. The van der Waals surface area contributed by atoms with E-state index in [4.69, 9.17) is 10.5 Å². The third-order valence-corrected chi connectivity index (χ3v) is 2.49. The lowest BCUT2D eigenvalue weighted by Gasteiger charge is -2.11. The summed E-state index contributed by atoms with van der Waals surface area (Å²) >= 11 is 0. The molecule has 4 heteroatoms. The fourth-order valence-corrected chi connectivity index (χ4v) is 1.61. The zero-order valence-electron chi connectivity index (χ0n) is 10.3. The van der Waals surface area contributed by atoms with Crippen LogP contribution in [0, 0.1) is 6.92 Å². The number of ether oxygens (including phenoxy) is 1. The SMILES string of the molecule is C=CCc1cc(N)ccc1Oc1nccnc1C. The Balaban J connectivity index is 2.34. The van der Waals surface area contributed by atoms with Gasteiger partial charge in [-0.05, 0) is 31.5 Å². The van der Waals surface area contributed by atoms with Crippen molar-refractivity contribution in [1.29, 1.82) is 0 Å². The van der Waals surface area contributed by atoms with E-state index in [0.717, 1.165) is 17.0 Å². The van der Waals surface area contributed by atoms with Crippen molar-refractivity contribution < 1.29 is 4.74 Å². The van der Waals surface area contributed by atoms with E-state index in [1.807, 2.05) is 25.1 Å². The third-order valence-electron chi connectivity index (χ3n) is 2.49. The molecule has 0 fully saturated rings. The Bertz CT molecular complexity index is 567. The Morgan fingerprint density at radius 2 is 2.11 bits per heavy atom. The van der Waals surface area contributed by atoms with Crippen LogP contribution in [0.4, 0.5) is 5.69 Å². The van der Waals surface area contributed by atoms with Gasteiger partial charge < -0.3 is 10.5 Å². The van der Waals surface area contributed by atoms with E-state index in [9.17, 15) is 0 Å². The minimum atomic E-state index is 0.507. The van der Waals surface area contributed by atoms with Crippen molar-refractivity contribution in [3.63, 3.8) is 0 Å². The van der Waals surface area contributed by atoms with E-state index < -0.39 is 0 Å². The highest BCUT2D eigenvalue weighted by atomic mass is 16.5. The second-order valence-corrected chi connectivity index (χ2v) is 3.91. The van der Waals surface area contributed by atoms with Crippen molar-refractivity contribution in [2.45, 2.75) is 13.3 Å². The van der Waals surface area contributed by atoms with Gasteiger partial charge in [-0.15, -0.1) is 6.58 Å². The van der Waals surface area contributed by atoms with Gasteiger partial charge in [0.1, 0.15) is 5.75 Å². The molecule has 2 aromatic rings. The highest BCUT2D eigenvalue weighted by molar-refractivity contribution is 5.49. The molecule has 92 valence electrons. The van der Waals surface area contributed by atoms with E-state index in [0.29, 0.717) is 18.0 Å². The zero-order valence-corrected chi connectivity index (χ0v) is 10.3. The fraction of sp³-hybridized carbons (Fsp3) is 0.143. The van der Waals surface area contributed by atoms with Gasteiger partial charge in [0, 0.05) is 23.6 Å². The van der Waals surface area contributed by atoms with Crippen LogP contribution in [0.3, 0.4) is 0 Å². The van der Waals surface area contributed by atoms with E-state index >= 15 is 0 Å². The van der Waals surface area contributed by atoms with Gasteiger partial charge in [0.15, 0.2) is 0 Å². The number of aromatic nitrogens is 2. The zero-order chi connectivity index (χ0) is 13.0. The molecule has 0 aliphatic rings. The minimum Gasteiger partial charge on any atom is -0.437 e. The quantitative estimate of drug-likeness (QED) is 0.660. The van der Waals surface area contributed by atoms with Gasteiger partial charge in [-0.1, -0.05) is 6.08 Å². The van der Waals surface area contributed by atoms with Crippen molar-refractivity contribution in [1.82, 2.24) is 9.97 Å². The molecule has 0 aliphatic carbocycles. The first-order valence-corrected chi connectivity index (χ1v) is 5.65. The molecule has 1 heterocycles. The van der Waals surface area contributed by atoms with Crippen LogP contribution in [0.25, 0.3) is 0 Å². The highest BCUT2D eigenvalue weighted by Gasteiger charge is 2.07. The molecule has 0 unspecified atom stereocenters. The van der Waals surface area contributed by atoms with Crippen molar-refractivity contribution in [2.75, 3.05) is 5.73 Å². The van der Waals surface area contributed by atoms with Gasteiger partial charge in [-0.3, -0.25) is 4.98 Å². The topological polar surface area (TPSA) is 61.0 Å². The molecule has 1 aromatic heterocycles. The number of allylic oxidation sites excluding steroid dienone is 1. The van der Waals surface area contributed by atoms with E-state index in [1.54, 1.807) is 18.5 Å². The van der Waals surface area contributed by atoms with Gasteiger partial charge >= 0.3 is 0 Å². The molecule has 0 saturated heterocycles. The molecule has 18 heavy (non-hydrogen) atoms. The van der Waals surface area contributed by atoms with E-state index in [1.165, 1.54) is 0 Å². The molecule has 0 radical (unpaired) electrons. The molecule has 0 amide bonds. The predicted molar refractivity (Wildman–Crippen MR) is 71.6 cm³/mol. The lowest BCUT2D eigenvalue weighted by molar-refractivity contribution is 0.451. The predicted octanol–water partition coefficient (Wildman–Crippen LogP) is 2.89. The van der Waals surface area contributed by atoms with Crippen LogP contribution in [-0.2, 0) is 6.42 Å². The average molecular weight is 241 g/mol. The Kier molecular flexibility index (Phi) is 3.57. The molecule has 0 atom stereocenters. The molecular formula is C14H15N3O. The van der Waals surface area contributed by atoms with Crippen LogP contribution < -0.4 is 10.5 Å². The molecule has 2 rings (SSSR count). The number of nitrogens with two attached hydrogens (primary N) is 1. The summed E-state index contributed by atoms with van der Waals surface area (Å²) in [5.74, 6) is 1.24. The Morgan fingerprint density at radius 3 is 2.83 bits per heavy atom. The van der Waals surface area contributed by atoms with Crippen LogP contribution in [0.5, 0.6) is 11.6 Å². The number of hydrogen-bond acceptors (Lipinski definition) is 4. The number of nitrogen functional groups attached to an aromatic ring is 1. The first kappa shape index (κ1) is 12.1. The van der Waals surface area contributed by atoms with E-state index in [2.05, 4.69) is 16.5 Å². The molecule has 2 N–H and O–H groups in total. The third kappa shape index (κ3) is 2.66. The number of hydrogen-bond donors (Lipinski definition) is 1. The van der Waals surface area contributed by atoms with Crippen LogP contribution in [0.1, 0.15) is 11.3 Å². The summed E-state index contributed by atoms with van der Waals surface area (Å²) in [7, 11) is 0. The van der Waals surface area contributed by atoms with Gasteiger partial charge in [-0.2, -0.15) is 0 Å². The monoisotopic (exact) mass is 241 g/mol. The lowest BCUT2D eigenvalue weighted by atomic mass is 10.1. The van der Waals surface area contributed by atoms with Gasteiger partial charge in [0.05, 0.1) is 5.69 Å². The minimum absolute atomic E-state index is 0.507. The second kappa shape index (κ2) is 5.31. The average Bonchev–Trinajstić information content (AvgIpc) is 2.35. The van der Waals surface area contributed by atoms with Crippen LogP contribution in [0.15, 0.2) is 43.2 Å². The van der Waals surface area contributed by atoms with Crippen molar-refractivity contribution in [3.8, 4) is 11.6 Å². The molecule has 0 saturated carbocycles. The maximum absolute atomic E-state index is 5.77. The first-order valence-electron chi connectivity index (χ1n) is 5.65. The second-order valence-electron chi connectivity index (χ2n) is 3.91. The summed E-state index contributed by atoms with van der Waals surface area (Å²) in [5, 5.41) is 0. The Labute approximate surface area is 106 Å². The van der Waals surface area contributed by atoms with Gasteiger partial charge in [-0.25, -0.2) is 4.98 Å². The summed E-state index contributed by atoms with van der Waals surface area (Å²) in [6.07, 6.45) is 5.74.